The molecule has 0 radical (unpaired) electrons. The van der Waals surface area contributed by atoms with Crippen molar-refractivity contribution in [1.29, 1.82) is 0 Å². The summed E-state index contributed by atoms with van der Waals surface area (Å²) in [6, 6.07) is 5.21. The normalized spacial score (nSPS) is 10.5. The van der Waals surface area contributed by atoms with E-state index >= 15 is 0 Å². The van der Waals surface area contributed by atoms with Gasteiger partial charge in [-0.1, -0.05) is 23.2 Å². The zero-order chi connectivity index (χ0) is 17.1. The summed E-state index contributed by atoms with van der Waals surface area (Å²) in [5, 5.41) is 5.34. The van der Waals surface area contributed by atoms with Crippen molar-refractivity contribution >= 4 is 35.0 Å². The largest absolute Gasteiger partial charge is 0.274 e. The molecule has 0 atom stereocenters. The van der Waals surface area contributed by atoms with E-state index in [9.17, 15) is 9.59 Å². The first-order valence-electron chi connectivity index (χ1n) is 6.85. The van der Waals surface area contributed by atoms with E-state index in [1.807, 2.05) is 13.8 Å². The van der Waals surface area contributed by atoms with Crippen molar-refractivity contribution in [3.63, 3.8) is 0 Å². The Labute approximate surface area is 143 Å². The number of hydrogen-bond acceptors (Lipinski definition) is 3. The van der Waals surface area contributed by atoms with Crippen molar-refractivity contribution in [2.75, 3.05) is 0 Å². The lowest BCUT2D eigenvalue weighted by molar-refractivity contribution is -0.127. The first-order chi connectivity index (χ1) is 10.8. The fourth-order valence-corrected chi connectivity index (χ4v) is 2.45. The van der Waals surface area contributed by atoms with E-state index in [0.717, 1.165) is 22.6 Å². The summed E-state index contributed by atoms with van der Waals surface area (Å²) in [5.41, 5.74) is 7.69. The van der Waals surface area contributed by atoms with Gasteiger partial charge >= 0.3 is 0 Å². The second-order valence-electron chi connectivity index (χ2n) is 5.07. The van der Waals surface area contributed by atoms with Gasteiger partial charge in [-0.25, -0.2) is 4.68 Å². The van der Waals surface area contributed by atoms with Crippen molar-refractivity contribution in [3.05, 3.63) is 45.2 Å². The van der Waals surface area contributed by atoms with Gasteiger partial charge in [0.2, 0.25) is 11.8 Å². The van der Waals surface area contributed by atoms with Crippen molar-refractivity contribution in [3.8, 4) is 5.69 Å². The summed E-state index contributed by atoms with van der Waals surface area (Å²) < 4.78 is 1.71. The van der Waals surface area contributed by atoms with Gasteiger partial charge in [-0.2, -0.15) is 5.10 Å². The molecule has 23 heavy (non-hydrogen) atoms. The van der Waals surface area contributed by atoms with Crippen LogP contribution in [0.15, 0.2) is 18.2 Å². The quantitative estimate of drug-likeness (QED) is 0.831. The van der Waals surface area contributed by atoms with Crippen LogP contribution in [0, 0.1) is 13.8 Å². The van der Waals surface area contributed by atoms with Gasteiger partial charge in [-0.15, -0.1) is 0 Å². The van der Waals surface area contributed by atoms with E-state index < -0.39 is 0 Å². The Bertz CT molecular complexity index is 771. The highest BCUT2D eigenvalue weighted by molar-refractivity contribution is 6.42. The predicted octanol–water partition coefficient (Wildman–Crippen LogP) is 2.51. The third-order valence-electron chi connectivity index (χ3n) is 3.30. The molecule has 0 saturated heterocycles. The number of nitrogens with zero attached hydrogens (tertiary/aromatic N) is 2. The van der Waals surface area contributed by atoms with Crippen LogP contribution in [-0.2, 0) is 16.0 Å². The number of carbonyl (C=O) groups excluding carboxylic acids is 2. The highest BCUT2D eigenvalue weighted by Crippen LogP contribution is 2.26. The molecule has 0 spiro atoms. The second-order valence-corrected chi connectivity index (χ2v) is 5.88. The number of nitrogens with one attached hydrogen (secondary N) is 2. The molecule has 0 fully saturated rings. The van der Waals surface area contributed by atoms with Crippen molar-refractivity contribution < 1.29 is 9.59 Å². The topological polar surface area (TPSA) is 76.0 Å². The smallest absolute Gasteiger partial charge is 0.242 e. The molecule has 0 saturated carbocycles. The van der Waals surface area contributed by atoms with Gasteiger partial charge in [0.15, 0.2) is 0 Å². The molecule has 0 aliphatic rings. The van der Waals surface area contributed by atoms with Crippen LogP contribution in [-0.4, -0.2) is 21.6 Å². The summed E-state index contributed by atoms with van der Waals surface area (Å²) in [5.74, 6) is -0.654. The lowest BCUT2D eigenvalue weighted by atomic mass is 10.1. The Kier molecular flexibility index (Phi) is 5.28. The van der Waals surface area contributed by atoms with Gasteiger partial charge in [-0.05, 0) is 32.0 Å². The summed E-state index contributed by atoms with van der Waals surface area (Å²) in [7, 11) is 0. The molecule has 1 aromatic carbocycles. The van der Waals surface area contributed by atoms with Crippen LogP contribution in [0.25, 0.3) is 5.69 Å². The molecule has 2 rings (SSSR count). The molecule has 1 aromatic heterocycles. The first kappa shape index (κ1) is 17.3. The molecule has 2 aromatic rings. The molecule has 0 aliphatic heterocycles. The lowest BCUT2D eigenvalue weighted by Crippen LogP contribution is -2.41. The van der Waals surface area contributed by atoms with E-state index in [1.54, 1.807) is 22.9 Å². The molecular weight excluding hydrogens is 339 g/mol. The van der Waals surface area contributed by atoms with Gasteiger partial charge in [0.1, 0.15) is 0 Å². The van der Waals surface area contributed by atoms with Crippen LogP contribution >= 0.6 is 23.2 Å². The van der Waals surface area contributed by atoms with E-state index in [1.165, 1.54) is 6.92 Å². The van der Waals surface area contributed by atoms with Gasteiger partial charge in [0.25, 0.3) is 0 Å². The average Bonchev–Trinajstić information content (AvgIpc) is 2.76. The fraction of sp³-hybridized carbons (Fsp3) is 0.267. The van der Waals surface area contributed by atoms with E-state index in [2.05, 4.69) is 16.0 Å². The van der Waals surface area contributed by atoms with Crippen molar-refractivity contribution in [2.45, 2.75) is 27.2 Å². The van der Waals surface area contributed by atoms with Crippen molar-refractivity contribution in [2.24, 2.45) is 0 Å². The van der Waals surface area contributed by atoms with Gasteiger partial charge in [0.05, 0.1) is 27.8 Å². The zero-order valence-electron chi connectivity index (χ0n) is 12.9. The summed E-state index contributed by atoms with van der Waals surface area (Å²) in [4.78, 5) is 22.7. The summed E-state index contributed by atoms with van der Waals surface area (Å²) in [6.07, 6.45) is 0.110. The number of hydrogen-bond donors (Lipinski definition) is 2. The van der Waals surface area contributed by atoms with Gasteiger partial charge in [0, 0.05) is 18.2 Å². The minimum absolute atomic E-state index is 0.110. The molecule has 0 bridgehead atoms. The Hall–Kier alpha value is -2.05. The third kappa shape index (κ3) is 4.03. The highest BCUT2D eigenvalue weighted by Gasteiger charge is 2.16. The van der Waals surface area contributed by atoms with E-state index in [-0.39, 0.29) is 18.2 Å². The number of halogens is 2. The van der Waals surface area contributed by atoms with Gasteiger partial charge < -0.3 is 0 Å². The van der Waals surface area contributed by atoms with Crippen LogP contribution in [0.1, 0.15) is 23.9 Å². The Morgan fingerprint density at radius 2 is 1.87 bits per heavy atom. The Morgan fingerprint density at radius 3 is 2.48 bits per heavy atom. The fourth-order valence-electron chi connectivity index (χ4n) is 2.16. The highest BCUT2D eigenvalue weighted by atomic mass is 35.5. The number of benzene rings is 1. The molecule has 1 heterocycles. The van der Waals surface area contributed by atoms with Crippen LogP contribution in [0.2, 0.25) is 10.0 Å². The van der Waals surface area contributed by atoms with Gasteiger partial charge in [-0.3, -0.25) is 20.4 Å². The number of amides is 2. The second kappa shape index (κ2) is 7.02. The third-order valence-corrected chi connectivity index (χ3v) is 4.04. The zero-order valence-corrected chi connectivity index (χ0v) is 14.4. The number of rotatable bonds is 3. The molecule has 2 N–H and O–H groups in total. The van der Waals surface area contributed by atoms with E-state index in [0.29, 0.717) is 10.0 Å². The first-order valence-corrected chi connectivity index (χ1v) is 7.61. The minimum atomic E-state index is -0.335. The molecular formula is C15H16Cl2N4O2. The Morgan fingerprint density at radius 1 is 1.17 bits per heavy atom. The van der Waals surface area contributed by atoms with Crippen LogP contribution in [0.3, 0.4) is 0 Å². The molecule has 122 valence electrons. The molecule has 0 unspecified atom stereocenters. The molecule has 6 nitrogen and oxygen atoms in total. The molecule has 8 heteroatoms. The average molecular weight is 355 g/mol. The number of carbonyl (C=O) groups is 2. The maximum absolute atomic E-state index is 11.9. The van der Waals surface area contributed by atoms with Crippen LogP contribution in [0.5, 0.6) is 0 Å². The van der Waals surface area contributed by atoms with Crippen LogP contribution in [0.4, 0.5) is 0 Å². The standard InChI is InChI=1S/C15H16Cl2N4O2/c1-8-12(7-15(23)19-18-10(3)22)9(2)21(20-8)11-4-5-13(16)14(17)6-11/h4-6H,7H2,1-3H3,(H,18,22)(H,19,23). The summed E-state index contributed by atoms with van der Waals surface area (Å²) >= 11 is 12.0. The molecule has 2 amide bonds. The van der Waals surface area contributed by atoms with Crippen LogP contribution < -0.4 is 10.9 Å². The number of aryl methyl sites for hydroxylation is 1. The maximum Gasteiger partial charge on any atom is 0.242 e. The van der Waals surface area contributed by atoms with Crippen molar-refractivity contribution in [1.82, 2.24) is 20.6 Å². The summed E-state index contributed by atoms with van der Waals surface area (Å²) in [6.45, 7) is 5.00. The van der Waals surface area contributed by atoms with E-state index in [4.69, 9.17) is 23.2 Å². The Balaban J connectivity index is 2.27. The maximum atomic E-state index is 11.9. The predicted molar refractivity (Wildman–Crippen MR) is 88.7 cm³/mol. The molecule has 0 aliphatic carbocycles. The number of aromatic nitrogens is 2. The number of hydrazine groups is 1. The monoisotopic (exact) mass is 354 g/mol. The SMILES string of the molecule is CC(=O)NNC(=O)Cc1c(C)nn(-c2ccc(Cl)c(Cl)c2)c1C. The minimum Gasteiger partial charge on any atom is -0.274 e. The lowest BCUT2D eigenvalue weighted by Gasteiger charge is -2.07.